The van der Waals surface area contributed by atoms with Gasteiger partial charge < -0.3 is 14.7 Å². The van der Waals surface area contributed by atoms with E-state index in [0.717, 1.165) is 0 Å². The highest BCUT2D eigenvalue weighted by Crippen LogP contribution is 2.23. The van der Waals surface area contributed by atoms with Crippen LogP contribution in [0.1, 0.15) is 5.89 Å². The summed E-state index contributed by atoms with van der Waals surface area (Å²) >= 11 is 0. The Morgan fingerprint density at radius 1 is 1.41 bits per heavy atom. The van der Waals surface area contributed by atoms with Gasteiger partial charge in [0, 0.05) is 0 Å². The van der Waals surface area contributed by atoms with Gasteiger partial charge in [-0.3, -0.25) is 4.98 Å². The maximum Gasteiger partial charge on any atom is 0.417 e. The summed E-state index contributed by atoms with van der Waals surface area (Å²) in [5, 5.41) is 3.79. The van der Waals surface area contributed by atoms with Gasteiger partial charge in [0.1, 0.15) is 0 Å². The maximum atomic E-state index is 11.1. The molecule has 2 aromatic heterocycles. The van der Waals surface area contributed by atoms with Crippen molar-refractivity contribution < 1.29 is 8.94 Å². The van der Waals surface area contributed by atoms with Gasteiger partial charge >= 0.3 is 5.76 Å². The number of aromatic amines is 1. The van der Waals surface area contributed by atoms with Crippen LogP contribution in [-0.2, 0) is 6.54 Å². The first-order chi connectivity index (χ1) is 8.28. The summed E-state index contributed by atoms with van der Waals surface area (Å²) in [4.78, 5) is 17.8. The second-order valence-electron chi connectivity index (χ2n) is 3.41. The van der Waals surface area contributed by atoms with Crippen molar-refractivity contribution in [2.75, 3.05) is 0 Å². The summed E-state index contributed by atoms with van der Waals surface area (Å²) in [6, 6.07) is 5.19. The van der Waals surface area contributed by atoms with E-state index in [1.807, 2.05) is 0 Å². The quantitative estimate of drug-likeness (QED) is 0.670. The lowest BCUT2D eigenvalue weighted by molar-refractivity contribution is 0.380. The molecule has 0 aliphatic carbocycles. The van der Waals surface area contributed by atoms with E-state index < -0.39 is 5.76 Å². The molecule has 3 N–H and O–H groups in total. The number of H-pyrrole nitrogens is 1. The summed E-state index contributed by atoms with van der Waals surface area (Å²) in [5.41, 5.74) is 7.02. The van der Waals surface area contributed by atoms with Gasteiger partial charge in [-0.1, -0.05) is 11.2 Å². The largest absolute Gasteiger partial charge is 0.417 e. The monoisotopic (exact) mass is 232 g/mol. The van der Waals surface area contributed by atoms with Crippen LogP contribution in [0.4, 0.5) is 0 Å². The number of nitrogens with two attached hydrogens (primary N) is 1. The topological polar surface area (TPSA) is 111 Å². The molecule has 7 heteroatoms. The summed E-state index contributed by atoms with van der Waals surface area (Å²) in [7, 11) is 0. The Morgan fingerprint density at radius 2 is 2.29 bits per heavy atom. The van der Waals surface area contributed by atoms with Crippen molar-refractivity contribution in [3.8, 4) is 11.4 Å². The van der Waals surface area contributed by atoms with E-state index in [4.69, 9.17) is 14.7 Å². The molecule has 0 bridgehead atoms. The van der Waals surface area contributed by atoms with Crippen molar-refractivity contribution in [1.82, 2.24) is 15.1 Å². The summed E-state index contributed by atoms with van der Waals surface area (Å²) in [6.07, 6.45) is 0. The van der Waals surface area contributed by atoms with Crippen LogP contribution in [0.2, 0.25) is 0 Å². The minimum absolute atomic E-state index is 0.172. The third kappa shape index (κ3) is 1.53. The Hall–Kier alpha value is -2.41. The van der Waals surface area contributed by atoms with Gasteiger partial charge in [0.25, 0.3) is 0 Å². The van der Waals surface area contributed by atoms with E-state index >= 15 is 0 Å². The van der Waals surface area contributed by atoms with Gasteiger partial charge in [-0.05, 0) is 12.1 Å². The van der Waals surface area contributed by atoms with Crippen LogP contribution in [0, 0.1) is 0 Å². The molecule has 0 atom stereocenters. The zero-order valence-corrected chi connectivity index (χ0v) is 8.64. The Kier molecular flexibility index (Phi) is 2.05. The zero-order chi connectivity index (χ0) is 11.8. The summed E-state index contributed by atoms with van der Waals surface area (Å²) in [5.74, 6) is 0.186. The van der Waals surface area contributed by atoms with Crippen LogP contribution in [0.3, 0.4) is 0 Å². The number of para-hydroxylation sites is 1. The molecule has 0 aliphatic heterocycles. The van der Waals surface area contributed by atoms with Crippen LogP contribution >= 0.6 is 0 Å². The number of hydrogen-bond donors (Lipinski definition) is 2. The van der Waals surface area contributed by atoms with E-state index in [1.54, 1.807) is 18.2 Å². The number of rotatable bonds is 2. The lowest BCUT2D eigenvalue weighted by Gasteiger charge is -1.94. The molecule has 17 heavy (non-hydrogen) atoms. The van der Waals surface area contributed by atoms with E-state index in [0.29, 0.717) is 28.4 Å². The highest BCUT2D eigenvalue weighted by Gasteiger charge is 2.13. The Bertz CT molecular complexity index is 724. The highest BCUT2D eigenvalue weighted by atomic mass is 16.5. The third-order valence-corrected chi connectivity index (χ3v) is 2.34. The first-order valence-corrected chi connectivity index (χ1v) is 4.93. The lowest BCUT2D eigenvalue weighted by atomic mass is 10.2. The summed E-state index contributed by atoms with van der Waals surface area (Å²) < 4.78 is 9.86. The molecule has 0 unspecified atom stereocenters. The smallest absolute Gasteiger partial charge is 0.408 e. The fraction of sp³-hybridized carbons (Fsp3) is 0.100. The predicted molar refractivity (Wildman–Crippen MR) is 58.0 cm³/mol. The van der Waals surface area contributed by atoms with E-state index in [9.17, 15) is 4.79 Å². The molecule has 0 spiro atoms. The average Bonchev–Trinajstić information content (AvgIpc) is 2.92. The van der Waals surface area contributed by atoms with Gasteiger partial charge in [-0.25, -0.2) is 4.79 Å². The van der Waals surface area contributed by atoms with E-state index in [1.165, 1.54) is 0 Å². The fourth-order valence-corrected chi connectivity index (χ4v) is 1.61. The Balaban J connectivity index is 2.25. The van der Waals surface area contributed by atoms with Gasteiger partial charge in [0.05, 0.1) is 17.6 Å². The molecule has 0 fully saturated rings. The SMILES string of the molecule is NCc1nc(-c2cccc3oc(=O)[nH]c23)no1. The molecular weight excluding hydrogens is 224 g/mol. The normalized spacial score (nSPS) is 11.1. The standard InChI is InChI=1S/C10H8N4O3/c11-4-7-12-9(14-17-7)5-2-1-3-6-8(5)13-10(15)16-6/h1-3H,4,11H2,(H,13,15). The van der Waals surface area contributed by atoms with Crippen LogP contribution in [0.15, 0.2) is 31.9 Å². The average molecular weight is 232 g/mol. The fourth-order valence-electron chi connectivity index (χ4n) is 1.61. The molecule has 7 nitrogen and oxygen atoms in total. The zero-order valence-electron chi connectivity index (χ0n) is 8.64. The second-order valence-corrected chi connectivity index (χ2v) is 3.41. The van der Waals surface area contributed by atoms with Crippen LogP contribution in [0.5, 0.6) is 0 Å². The number of nitrogens with one attached hydrogen (secondary N) is 1. The minimum Gasteiger partial charge on any atom is -0.408 e. The van der Waals surface area contributed by atoms with Crippen LogP contribution < -0.4 is 11.5 Å². The van der Waals surface area contributed by atoms with E-state index in [-0.39, 0.29) is 6.54 Å². The number of aromatic nitrogens is 3. The molecular formula is C10H8N4O3. The van der Waals surface area contributed by atoms with Gasteiger partial charge in [-0.2, -0.15) is 4.98 Å². The molecule has 1 aromatic carbocycles. The molecule has 3 aromatic rings. The third-order valence-electron chi connectivity index (χ3n) is 2.34. The van der Waals surface area contributed by atoms with Crippen molar-refractivity contribution in [3.63, 3.8) is 0 Å². The molecule has 0 saturated carbocycles. The maximum absolute atomic E-state index is 11.1. The van der Waals surface area contributed by atoms with Crippen molar-refractivity contribution in [3.05, 3.63) is 34.6 Å². The van der Waals surface area contributed by atoms with Crippen LogP contribution in [0.25, 0.3) is 22.5 Å². The molecule has 0 amide bonds. The molecule has 86 valence electrons. The van der Waals surface area contributed by atoms with Gasteiger partial charge in [0.2, 0.25) is 11.7 Å². The molecule has 0 radical (unpaired) electrons. The minimum atomic E-state index is -0.519. The van der Waals surface area contributed by atoms with Crippen molar-refractivity contribution >= 4 is 11.1 Å². The Labute approximate surface area is 94.2 Å². The molecule has 2 heterocycles. The highest BCUT2D eigenvalue weighted by molar-refractivity contribution is 5.88. The first-order valence-electron chi connectivity index (χ1n) is 4.93. The molecule has 0 saturated heterocycles. The van der Waals surface area contributed by atoms with Gasteiger partial charge in [-0.15, -0.1) is 0 Å². The lowest BCUT2D eigenvalue weighted by Crippen LogP contribution is -1.96. The van der Waals surface area contributed by atoms with E-state index in [2.05, 4.69) is 15.1 Å². The number of benzene rings is 1. The number of oxazole rings is 1. The van der Waals surface area contributed by atoms with Gasteiger partial charge in [0.15, 0.2) is 5.58 Å². The van der Waals surface area contributed by atoms with Crippen molar-refractivity contribution in [2.24, 2.45) is 5.73 Å². The molecule has 0 aliphatic rings. The van der Waals surface area contributed by atoms with Crippen molar-refractivity contribution in [1.29, 1.82) is 0 Å². The predicted octanol–water partition coefficient (Wildman–Crippen LogP) is 0.630. The second kappa shape index (κ2) is 3.56. The summed E-state index contributed by atoms with van der Waals surface area (Å²) in [6.45, 7) is 0.172. The number of hydrogen-bond acceptors (Lipinski definition) is 6. The Morgan fingerprint density at radius 3 is 3.06 bits per heavy atom. The first kappa shape index (κ1) is 9.79. The molecule has 3 rings (SSSR count). The van der Waals surface area contributed by atoms with Crippen LogP contribution in [-0.4, -0.2) is 15.1 Å². The number of nitrogens with zero attached hydrogens (tertiary/aromatic N) is 2. The van der Waals surface area contributed by atoms with Crippen molar-refractivity contribution in [2.45, 2.75) is 6.54 Å². The number of fused-ring (bicyclic) bond motifs is 1.